The summed E-state index contributed by atoms with van der Waals surface area (Å²) in [6, 6.07) is 8.14. The van der Waals surface area contributed by atoms with Crippen LogP contribution in [0.4, 0.5) is 5.82 Å². The molecular weight excluding hydrogens is 212 g/mol. The van der Waals surface area contributed by atoms with Gasteiger partial charge in [0, 0.05) is 11.9 Å². The van der Waals surface area contributed by atoms with Crippen molar-refractivity contribution in [3.8, 4) is 5.75 Å². The van der Waals surface area contributed by atoms with E-state index in [1.54, 1.807) is 0 Å². The molecule has 2 rings (SSSR count). The SMILES string of the molecule is CCNc1nc2ccc(OCC)cc2cc1C. The first kappa shape index (κ1) is 11.7. The summed E-state index contributed by atoms with van der Waals surface area (Å²) in [7, 11) is 0. The van der Waals surface area contributed by atoms with Crippen LogP contribution in [-0.4, -0.2) is 18.1 Å². The lowest BCUT2D eigenvalue weighted by Gasteiger charge is -2.09. The van der Waals surface area contributed by atoms with Crippen molar-refractivity contribution in [3.05, 3.63) is 29.8 Å². The van der Waals surface area contributed by atoms with Gasteiger partial charge in [0.2, 0.25) is 0 Å². The Morgan fingerprint density at radius 3 is 2.76 bits per heavy atom. The second-order valence-corrected chi connectivity index (χ2v) is 3.97. The van der Waals surface area contributed by atoms with Crippen LogP contribution in [0.5, 0.6) is 5.75 Å². The molecule has 0 saturated heterocycles. The van der Waals surface area contributed by atoms with Gasteiger partial charge in [-0.15, -0.1) is 0 Å². The van der Waals surface area contributed by atoms with E-state index in [0.29, 0.717) is 6.61 Å². The summed E-state index contributed by atoms with van der Waals surface area (Å²) in [5.41, 5.74) is 2.16. The van der Waals surface area contributed by atoms with E-state index in [0.717, 1.165) is 34.6 Å². The van der Waals surface area contributed by atoms with E-state index in [-0.39, 0.29) is 0 Å². The molecule has 1 N–H and O–H groups in total. The molecule has 90 valence electrons. The fourth-order valence-electron chi connectivity index (χ4n) is 1.86. The molecule has 0 aliphatic heterocycles. The minimum atomic E-state index is 0.688. The third-order valence-electron chi connectivity index (χ3n) is 2.63. The highest BCUT2D eigenvalue weighted by molar-refractivity contribution is 5.83. The van der Waals surface area contributed by atoms with E-state index < -0.39 is 0 Å². The Bertz CT molecular complexity index is 523. The number of aryl methyl sites for hydroxylation is 1. The highest BCUT2D eigenvalue weighted by Gasteiger charge is 2.03. The number of nitrogens with one attached hydrogen (secondary N) is 1. The highest BCUT2D eigenvalue weighted by atomic mass is 16.5. The number of fused-ring (bicyclic) bond motifs is 1. The summed E-state index contributed by atoms with van der Waals surface area (Å²) < 4.78 is 5.49. The van der Waals surface area contributed by atoms with Crippen LogP contribution in [0, 0.1) is 6.92 Å². The summed E-state index contributed by atoms with van der Waals surface area (Å²) in [5, 5.41) is 4.39. The minimum absolute atomic E-state index is 0.688. The second kappa shape index (κ2) is 5.04. The lowest BCUT2D eigenvalue weighted by atomic mass is 10.1. The monoisotopic (exact) mass is 230 g/mol. The number of ether oxygens (including phenoxy) is 1. The number of hydrogen-bond donors (Lipinski definition) is 1. The van der Waals surface area contributed by atoms with Gasteiger partial charge in [-0.25, -0.2) is 4.98 Å². The molecular formula is C14H18N2O. The minimum Gasteiger partial charge on any atom is -0.494 e. The van der Waals surface area contributed by atoms with Crippen LogP contribution in [0.3, 0.4) is 0 Å². The maximum absolute atomic E-state index is 5.49. The largest absolute Gasteiger partial charge is 0.494 e. The number of aromatic nitrogens is 1. The molecule has 0 fully saturated rings. The van der Waals surface area contributed by atoms with E-state index in [4.69, 9.17) is 4.74 Å². The Labute approximate surface area is 102 Å². The Hall–Kier alpha value is -1.77. The van der Waals surface area contributed by atoms with E-state index in [9.17, 15) is 0 Å². The first-order valence-corrected chi connectivity index (χ1v) is 6.02. The van der Waals surface area contributed by atoms with Crippen LogP contribution < -0.4 is 10.1 Å². The van der Waals surface area contributed by atoms with Gasteiger partial charge < -0.3 is 10.1 Å². The number of anilines is 1. The summed E-state index contributed by atoms with van der Waals surface area (Å²) in [5.74, 6) is 1.86. The van der Waals surface area contributed by atoms with Crippen LogP contribution in [0.15, 0.2) is 24.3 Å². The Kier molecular flexibility index (Phi) is 3.47. The maximum Gasteiger partial charge on any atom is 0.129 e. The van der Waals surface area contributed by atoms with Crippen LogP contribution in [0.1, 0.15) is 19.4 Å². The quantitative estimate of drug-likeness (QED) is 0.874. The van der Waals surface area contributed by atoms with Crippen molar-refractivity contribution < 1.29 is 4.74 Å². The van der Waals surface area contributed by atoms with Gasteiger partial charge in [0.15, 0.2) is 0 Å². The predicted octanol–water partition coefficient (Wildman–Crippen LogP) is 3.37. The molecule has 0 aliphatic carbocycles. The molecule has 0 aliphatic rings. The van der Waals surface area contributed by atoms with Crippen molar-refractivity contribution >= 4 is 16.7 Å². The van der Waals surface area contributed by atoms with Crippen molar-refractivity contribution in [2.24, 2.45) is 0 Å². The molecule has 0 amide bonds. The van der Waals surface area contributed by atoms with Crippen LogP contribution in [0.25, 0.3) is 10.9 Å². The molecule has 0 spiro atoms. The molecule has 17 heavy (non-hydrogen) atoms. The molecule has 0 unspecified atom stereocenters. The topological polar surface area (TPSA) is 34.2 Å². The van der Waals surface area contributed by atoms with Crippen molar-refractivity contribution in [2.45, 2.75) is 20.8 Å². The van der Waals surface area contributed by atoms with E-state index in [1.165, 1.54) is 0 Å². The fourth-order valence-corrected chi connectivity index (χ4v) is 1.86. The average Bonchev–Trinajstić information content (AvgIpc) is 2.31. The molecule has 0 radical (unpaired) electrons. The van der Waals surface area contributed by atoms with Gasteiger partial charge in [-0.2, -0.15) is 0 Å². The zero-order chi connectivity index (χ0) is 12.3. The van der Waals surface area contributed by atoms with E-state index >= 15 is 0 Å². The van der Waals surface area contributed by atoms with Gasteiger partial charge in [0.1, 0.15) is 11.6 Å². The zero-order valence-corrected chi connectivity index (χ0v) is 10.6. The third kappa shape index (κ3) is 2.49. The molecule has 0 atom stereocenters. The smallest absolute Gasteiger partial charge is 0.129 e. The molecule has 1 aromatic heterocycles. The number of hydrogen-bond acceptors (Lipinski definition) is 3. The van der Waals surface area contributed by atoms with Crippen LogP contribution in [0.2, 0.25) is 0 Å². The van der Waals surface area contributed by atoms with Crippen molar-refractivity contribution in [3.63, 3.8) is 0 Å². The molecule has 0 bridgehead atoms. The predicted molar refractivity (Wildman–Crippen MR) is 71.8 cm³/mol. The van der Waals surface area contributed by atoms with E-state index in [2.05, 4.69) is 30.2 Å². The standard InChI is InChI=1S/C14H18N2O/c1-4-15-14-10(3)8-11-9-12(17-5-2)6-7-13(11)16-14/h6-9H,4-5H2,1-3H3,(H,15,16). The average molecular weight is 230 g/mol. The number of rotatable bonds is 4. The summed E-state index contributed by atoms with van der Waals surface area (Å²) in [4.78, 5) is 4.60. The Balaban J connectivity index is 2.46. The van der Waals surface area contributed by atoms with Gasteiger partial charge in [0.05, 0.1) is 12.1 Å². The van der Waals surface area contributed by atoms with Crippen molar-refractivity contribution in [1.82, 2.24) is 4.98 Å². The molecule has 2 aromatic rings. The Morgan fingerprint density at radius 1 is 1.24 bits per heavy atom. The lowest BCUT2D eigenvalue weighted by Crippen LogP contribution is -2.01. The molecule has 0 saturated carbocycles. The fraction of sp³-hybridized carbons (Fsp3) is 0.357. The highest BCUT2D eigenvalue weighted by Crippen LogP contribution is 2.23. The lowest BCUT2D eigenvalue weighted by molar-refractivity contribution is 0.340. The van der Waals surface area contributed by atoms with Crippen LogP contribution in [-0.2, 0) is 0 Å². The zero-order valence-electron chi connectivity index (χ0n) is 10.6. The van der Waals surface area contributed by atoms with E-state index in [1.807, 2.05) is 25.1 Å². The summed E-state index contributed by atoms with van der Waals surface area (Å²) >= 11 is 0. The molecule has 1 aromatic carbocycles. The van der Waals surface area contributed by atoms with Crippen molar-refractivity contribution in [2.75, 3.05) is 18.5 Å². The molecule has 3 nitrogen and oxygen atoms in total. The van der Waals surface area contributed by atoms with Gasteiger partial charge in [-0.1, -0.05) is 0 Å². The van der Waals surface area contributed by atoms with Gasteiger partial charge in [-0.05, 0) is 50.6 Å². The second-order valence-electron chi connectivity index (χ2n) is 3.97. The number of pyridine rings is 1. The van der Waals surface area contributed by atoms with Crippen molar-refractivity contribution in [1.29, 1.82) is 0 Å². The van der Waals surface area contributed by atoms with Gasteiger partial charge in [0.25, 0.3) is 0 Å². The number of benzene rings is 1. The summed E-state index contributed by atoms with van der Waals surface area (Å²) in [6.45, 7) is 7.70. The van der Waals surface area contributed by atoms with Gasteiger partial charge in [-0.3, -0.25) is 0 Å². The first-order chi connectivity index (χ1) is 8.24. The third-order valence-corrected chi connectivity index (χ3v) is 2.63. The van der Waals surface area contributed by atoms with Crippen LogP contribution >= 0.6 is 0 Å². The maximum atomic E-state index is 5.49. The normalized spacial score (nSPS) is 10.5. The molecule has 1 heterocycles. The molecule has 3 heteroatoms. The number of nitrogens with zero attached hydrogens (tertiary/aromatic N) is 1. The van der Waals surface area contributed by atoms with Gasteiger partial charge >= 0.3 is 0 Å². The summed E-state index contributed by atoms with van der Waals surface area (Å²) in [6.07, 6.45) is 0. The first-order valence-electron chi connectivity index (χ1n) is 6.02. The Morgan fingerprint density at radius 2 is 2.06 bits per heavy atom.